The van der Waals surface area contributed by atoms with Crippen molar-refractivity contribution < 1.29 is 9.53 Å². The molecule has 2 N–H and O–H groups in total. The summed E-state index contributed by atoms with van der Waals surface area (Å²) in [6.07, 6.45) is 4.76. The predicted molar refractivity (Wildman–Crippen MR) is 64.5 cm³/mol. The molecule has 0 saturated heterocycles. The second-order valence-corrected chi connectivity index (χ2v) is 3.80. The molecule has 7 nitrogen and oxygen atoms in total. The monoisotopic (exact) mass is 249 g/mol. The number of nitrogens with zero attached hydrogens (tertiary/aromatic N) is 4. The molecule has 0 aliphatic heterocycles. The van der Waals surface area contributed by atoms with Gasteiger partial charge in [-0.05, 0) is 0 Å². The van der Waals surface area contributed by atoms with Gasteiger partial charge in [0, 0.05) is 26.3 Å². The van der Waals surface area contributed by atoms with E-state index < -0.39 is 0 Å². The maximum absolute atomic E-state index is 12.3. The lowest BCUT2D eigenvalue weighted by atomic mass is 10.2. The number of carbonyl (C=O) groups is 1. The largest absolute Gasteiger partial charge is 0.493 e. The molecule has 7 heteroatoms. The van der Waals surface area contributed by atoms with E-state index in [1.807, 2.05) is 0 Å². The number of aromatic nitrogens is 4. The van der Waals surface area contributed by atoms with Crippen molar-refractivity contribution in [3.05, 3.63) is 30.1 Å². The molecule has 0 aliphatic carbocycles. The van der Waals surface area contributed by atoms with E-state index in [0.717, 1.165) is 0 Å². The van der Waals surface area contributed by atoms with Crippen molar-refractivity contribution >= 4 is 5.78 Å². The van der Waals surface area contributed by atoms with Crippen LogP contribution in [0.15, 0.2) is 18.7 Å². The van der Waals surface area contributed by atoms with Crippen molar-refractivity contribution in [2.24, 2.45) is 12.8 Å². The van der Waals surface area contributed by atoms with Crippen LogP contribution in [-0.2, 0) is 13.6 Å². The number of aryl methyl sites for hydroxylation is 1. The Morgan fingerprint density at radius 2 is 2.33 bits per heavy atom. The van der Waals surface area contributed by atoms with E-state index in [1.165, 1.54) is 18.0 Å². The lowest BCUT2D eigenvalue weighted by Crippen LogP contribution is -2.11. The summed E-state index contributed by atoms with van der Waals surface area (Å²) in [5.41, 5.74) is 6.18. The molecule has 2 aromatic rings. The Labute approximate surface area is 104 Å². The van der Waals surface area contributed by atoms with E-state index in [0.29, 0.717) is 30.2 Å². The Morgan fingerprint density at radius 3 is 3.00 bits per heavy atom. The molecule has 2 heterocycles. The molecule has 0 radical (unpaired) electrons. The molecule has 0 saturated carbocycles. The van der Waals surface area contributed by atoms with Gasteiger partial charge in [0.05, 0.1) is 19.6 Å². The summed E-state index contributed by atoms with van der Waals surface area (Å²) >= 11 is 0. The Hall–Kier alpha value is -2.15. The number of ketones is 1. The molecule has 2 aromatic heterocycles. The molecule has 0 fully saturated rings. The fraction of sp³-hybridized carbons (Fsp3) is 0.364. The smallest absolute Gasteiger partial charge is 0.234 e. The maximum Gasteiger partial charge on any atom is 0.234 e. The molecule has 2 rings (SSSR count). The summed E-state index contributed by atoms with van der Waals surface area (Å²) in [5, 5.41) is 3.99. The maximum atomic E-state index is 12.3. The average Bonchev–Trinajstić information content (AvgIpc) is 2.95. The van der Waals surface area contributed by atoms with Gasteiger partial charge in [-0.2, -0.15) is 5.10 Å². The zero-order valence-electron chi connectivity index (χ0n) is 10.3. The Balaban J connectivity index is 2.32. The highest BCUT2D eigenvalue weighted by Crippen LogP contribution is 2.19. The van der Waals surface area contributed by atoms with Crippen molar-refractivity contribution in [3.63, 3.8) is 0 Å². The Kier molecular flexibility index (Phi) is 3.42. The van der Waals surface area contributed by atoms with Gasteiger partial charge in [0.15, 0.2) is 11.4 Å². The molecular weight excluding hydrogens is 234 g/mol. The number of nitrogens with two attached hydrogens (primary N) is 1. The third kappa shape index (κ3) is 2.12. The number of methoxy groups -OCH3 is 1. The zero-order valence-corrected chi connectivity index (χ0v) is 10.3. The van der Waals surface area contributed by atoms with Crippen LogP contribution >= 0.6 is 0 Å². The molecule has 0 amide bonds. The quantitative estimate of drug-likeness (QED) is 0.742. The highest BCUT2D eigenvalue weighted by Gasteiger charge is 2.21. The second kappa shape index (κ2) is 5.01. The highest BCUT2D eigenvalue weighted by atomic mass is 16.5. The van der Waals surface area contributed by atoms with Crippen LogP contribution in [0.2, 0.25) is 0 Å². The normalized spacial score (nSPS) is 10.6. The third-order valence-corrected chi connectivity index (χ3v) is 2.59. The summed E-state index contributed by atoms with van der Waals surface area (Å²) < 4.78 is 8.35. The second-order valence-electron chi connectivity index (χ2n) is 3.80. The van der Waals surface area contributed by atoms with Crippen LogP contribution in [0.3, 0.4) is 0 Å². The summed E-state index contributed by atoms with van der Waals surface area (Å²) in [4.78, 5) is 16.3. The molecular formula is C11H15N5O2. The number of hydrogen-bond donors (Lipinski definition) is 1. The van der Waals surface area contributed by atoms with E-state index in [1.54, 1.807) is 24.1 Å². The van der Waals surface area contributed by atoms with Crippen LogP contribution in [0.1, 0.15) is 16.2 Å². The SMILES string of the molecule is COc1cnn(C)c1C(=O)c1cn(CCN)cn1. The van der Waals surface area contributed by atoms with Gasteiger partial charge in [-0.1, -0.05) is 0 Å². The first-order chi connectivity index (χ1) is 8.67. The van der Waals surface area contributed by atoms with Crippen molar-refractivity contribution in [2.45, 2.75) is 6.54 Å². The van der Waals surface area contributed by atoms with Gasteiger partial charge in [-0.3, -0.25) is 9.48 Å². The van der Waals surface area contributed by atoms with Crippen LogP contribution in [0.25, 0.3) is 0 Å². The first-order valence-electron chi connectivity index (χ1n) is 5.50. The van der Waals surface area contributed by atoms with Crippen molar-refractivity contribution in [2.75, 3.05) is 13.7 Å². The Bertz CT molecular complexity index is 558. The molecule has 0 bridgehead atoms. The molecule has 0 spiro atoms. The van der Waals surface area contributed by atoms with Crippen LogP contribution in [-0.4, -0.2) is 38.8 Å². The van der Waals surface area contributed by atoms with Crippen molar-refractivity contribution in [1.82, 2.24) is 19.3 Å². The first-order valence-corrected chi connectivity index (χ1v) is 5.50. The summed E-state index contributed by atoms with van der Waals surface area (Å²) in [5.74, 6) is 0.221. The topological polar surface area (TPSA) is 88.0 Å². The van der Waals surface area contributed by atoms with E-state index in [-0.39, 0.29) is 5.78 Å². The van der Waals surface area contributed by atoms with E-state index in [2.05, 4.69) is 10.1 Å². The zero-order chi connectivity index (χ0) is 13.1. The minimum Gasteiger partial charge on any atom is -0.493 e. The number of rotatable bonds is 5. The van der Waals surface area contributed by atoms with Gasteiger partial charge in [0.2, 0.25) is 5.78 Å². The minimum absolute atomic E-state index is 0.220. The fourth-order valence-corrected chi connectivity index (χ4v) is 1.70. The fourth-order valence-electron chi connectivity index (χ4n) is 1.70. The standard InChI is InChI=1S/C11H15N5O2/c1-15-10(9(18-2)5-14-15)11(17)8-6-16(4-3-12)7-13-8/h5-7H,3-4,12H2,1-2H3. The van der Waals surface area contributed by atoms with Crippen LogP contribution < -0.4 is 10.5 Å². The average molecular weight is 249 g/mol. The van der Waals surface area contributed by atoms with Crippen LogP contribution in [0.5, 0.6) is 5.75 Å². The van der Waals surface area contributed by atoms with E-state index in [4.69, 9.17) is 10.5 Å². The third-order valence-electron chi connectivity index (χ3n) is 2.59. The minimum atomic E-state index is -0.220. The number of hydrogen-bond acceptors (Lipinski definition) is 5. The van der Waals surface area contributed by atoms with Crippen molar-refractivity contribution in [1.29, 1.82) is 0 Å². The van der Waals surface area contributed by atoms with Crippen molar-refractivity contribution in [3.8, 4) is 5.75 Å². The molecule has 0 aromatic carbocycles. The summed E-state index contributed by atoms with van der Waals surface area (Å²) in [7, 11) is 3.19. The van der Waals surface area contributed by atoms with Gasteiger partial charge in [0.25, 0.3) is 0 Å². The molecule has 0 aliphatic rings. The predicted octanol–water partition coefficient (Wildman–Crippen LogP) is -0.185. The van der Waals surface area contributed by atoms with E-state index >= 15 is 0 Å². The van der Waals surface area contributed by atoms with E-state index in [9.17, 15) is 4.79 Å². The Morgan fingerprint density at radius 1 is 1.56 bits per heavy atom. The number of carbonyl (C=O) groups excluding carboxylic acids is 1. The molecule has 0 atom stereocenters. The first kappa shape index (κ1) is 12.3. The van der Waals surface area contributed by atoms with Crippen LogP contribution in [0, 0.1) is 0 Å². The summed E-state index contributed by atoms with van der Waals surface area (Å²) in [6, 6.07) is 0. The van der Waals surface area contributed by atoms with Gasteiger partial charge >= 0.3 is 0 Å². The molecule has 18 heavy (non-hydrogen) atoms. The van der Waals surface area contributed by atoms with Crippen LogP contribution in [0.4, 0.5) is 0 Å². The lowest BCUT2D eigenvalue weighted by Gasteiger charge is -2.02. The van der Waals surface area contributed by atoms with Gasteiger partial charge in [0.1, 0.15) is 5.69 Å². The highest BCUT2D eigenvalue weighted by molar-refractivity contribution is 6.08. The van der Waals surface area contributed by atoms with Gasteiger partial charge < -0.3 is 15.0 Å². The van der Waals surface area contributed by atoms with Gasteiger partial charge in [-0.25, -0.2) is 4.98 Å². The van der Waals surface area contributed by atoms with Gasteiger partial charge in [-0.15, -0.1) is 0 Å². The molecule has 96 valence electrons. The number of ether oxygens (including phenoxy) is 1. The number of imidazole rings is 1. The lowest BCUT2D eigenvalue weighted by molar-refractivity contribution is 0.102. The molecule has 0 unspecified atom stereocenters. The summed E-state index contributed by atoms with van der Waals surface area (Å²) in [6.45, 7) is 1.13.